The van der Waals surface area contributed by atoms with Crippen molar-refractivity contribution >= 4 is 5.91 Å². The molecule has 104 valence electrons. The highest BCUT2D eigenvalue weighted by Crippen LogP contribution is 2.12. The summed E-state index contributed by atoms with van der Waals surface area (Å²) in [6, 6.07) is 0. The van der Waals surface area contributed by atoms with Crippen LogP contribution < -0.4 is 5.32 Å². The van der Waals surface area contributed by atoms with Gasteiger partial charge in [0.15, 0.2) is 0 Å². The molecule has 0 aliphatic carbocycles. The van der Waals surface area contributed by atoms with Gasteiger partial charge >= 0.3 is 0 Å². The van der Waals surface area contributed by atoms with E-state index in [1.807, 2.05) is 4.90 Å². The summed E-state index contributed by atoms with van der Waals surface area (Å²) in [5.74, 6) is 0.283. The molecule has 18 heavy (non-hydrogen) atoms. The van der Waals surface area contributed by atoms with Gasteiger partial charge in [-0.1, -0.05) is 12.8 Å². The summed E-state index contributed by atoms with van der Waals surface area (Å²) in [5, 5.41) is 3.32. The van der Waals surface area contributed by atoms with Gasteiger partial charge in [0.25, 0.3) is 0 Å². The van der Waals surface area contributed by atoms with Crippen LogP contribution in [0.4, 0.5) is 0 Å². The highest BCUT2D eigenvalue weighted by molar-refractivity contribution is 5.76. The lowest BCUT2D eigenvalue weighted by molar-refractivity contribution is -0.132. The van der Waals surface area contributed by atoms with Crippen molar-refractivity contribution in [1.29, 1.82) is 0 Å². The summed E-state index contributed by atoms with van der Waals surface area (Å²) < 4.78 is 5.79. The van der Waals surface area contributed by atoms with Gasteiger partial charge in [0.2, 0.25) is 5.91 Å². The van der Waals surface area contributed by atoms with Crippen LogP contribution in [0.25, 0.3) is 0 Å². The normalized spacial score (nSPS) is 22.8. The lowest BCUT2D eigenvalue weighted by Gasteiger charge is -2.24. The minimum Gasteiger partial charge on any atom is -0.378 e. The summed E-state index contributed by atoms with van der Waals surface area (Å²) in [5.41, 5.74) is 0. The van der Waals surface area contributed by atoms with Crippen LogP contribution in [-0.4, -0.2) is 49.7 Å². The fraction of sp³-hybridized carbons (Fsp3) is 0.929. The SMILES string of the molecule is O=C(CCOC1CCNCC1)N1CCCCCC1. The molecule has 0 atom stereocenters. The zero-order valence-corrected chi connectivity index (χ0v) is 11.3. The Morgan fingerprint density at radius 3 is 2.44 bits per heavy atom. The Balaban J connectivity index is 1.61. The summed E-state index contributed by atoms with van der Waals surface area (Å²) >= 11 is 0. The van der Waals surface area contributed by atoms with Gasteiger partial charge in [0.05, 0.1) is 19.1 Å². The molecule has 0 saturated carbocycles. The van der Waals surface area contributed by atoms with Crippen LogP contribution in [0.5, 0.6) is 0 Å². The van der Waals surface area contributed by atoms with Crippen LogP contribution in [-0.2, 0) is 9.53 Å². The molecule has 2 saturated heterocycles. The zero-order chi connectivity index (χ0) is 12.6. The molecule has 1 amide bonds. The monoisotopic (exact) mass is 254 g/mol. The van der Waals surface area contributed by atoms with Gasteiger partial charge in [-0.3, -0.25) is 4.79 Å². The van der Waals surface area contributed by atoms with Gasteiger partial charge in [-0.2, -0.15) is 0 Å². The van der Waals surface area contributed by atoms with Crippen molar-refractivity contribution in [3.8, 4) is 0 Å². The first kappa shape index (κ1) is 13.8. The number of amides is 1. The summed E-state index contributed by atoms with van der Waals surface area (Å²) in [6.45, 7) is 4.59. The average Bonchev–Trinajstić information content (AvgIpc) is 2.69. The molecule has 0 aromatic heterocycles. The molecule has 4 nitrogen and oxygen atoms in total. The van der Waals surface area contributed by atoms with E-state index in [0.717, 1.165) is 39.0 Å². The molecule has 0 bridgehead atoms. The van der Waals surface area contributed by atoms with Crippen LogP contribution in [0, 0.1) is 0 Å². The zero-order valence-electron chi connectivity index (χ0n) is 11.3. The van der Waals surface area contributed by atoms with Gasteiger partial charge in [0.1, 0.15) is 0 Å². The van der Waals surface area contributed by atoms with Crippen molar-refractivity contribution in [2.75, 3.05) is 32.8 Å². The van der Waals surface area contributed by atoms with Gasteiger partial charge in [-0.15, -0.1) is 0 Å². The largest absolute Gasteiger partial charge is 0.378 e. The lowest BCUT2D eigenvalue weighted by atomic mass is 10.1. The maximum atomic E-state index is 12.0. The summed E-state index contributed by atoms with van der Waals surface area (Å²) in [7, 11) is 0. The highest BCUT2D eigenvalue weighted by Gasteiger charge is 2.17. The third kappa shape index (κ3) is 4.58. The molecule has 0 aromatic rings. The van der Waals surface area contributed by atoms with E-state index in [0.29, 0.717) is 19.1 Å². The smallest absolute Gasteiger partial charge is 0.224 e. The number of nitrogens with one attached hydrogen (secondary N) is 1. The molecule has 2 aliphatic heterocycles. The van der Waals surface area contributed by atoms with Crippen molar-refractivity contribution in [3.05, 3.63) is 0 Å². The second kappa shape index (κ2) is 7.74. The molecular weight excluding hydrogens is 228 g/mol. The lowest BCUT2D eigenvalue weighted by Crippen LogP contribution is -2.35. The predicted molar refractivity (Wildman–Crippen MR) is 71.5 cm³/mol. The Hall–Kier alpha value is -0.610. The van der Waals surface area contributed by atoms with Gasteiger partial charge < -0.3 is 15.0 Å². The molecule has 1 N–H and O–H groups in total. The van der Waals surface area contributed by atoms with Gasteiger partial charge in [0, 0.05) is 13.1 Å². The van der Waals surface area contributed by atoms with Crippen LogP contribution >= 0.6 is 0 Å². The second-order valence-corrected chi connectivity index (χ2v) is 5.37. The average molecular weight is 254 g/mol. The Morgan fingerprint density at radius 1 is 1.11 bits per heavy atom. The number of rotatable bonds is 4. The number of piperidine rings is 1. The van der Waals surface area contributed by atoms with Crippen LogP contribution in [0.3, 0.4) is 0 Å². The number of nitrogens with zero attached hydrogens (tertiary/aromatic N) is 1. The van der Waals surface area contributed by atoms with E-state index in [4.69, 9.17) is 4.74 Å². The van der Waals surface area contributed by atoms with E-state index < -0.39 is 0 Å². The molecular formula is C14H26N2O2. The maximum Gasteiger partial charge on any atom is 0.224 e. The summed E-state index contributed by atoms with van der Waals surface area (Å²) in [6.07, 6.45) is 7.97. The Morgan fingerprint density at radius 2 is 1.78 bits per heavy atom. The van der Waals surface area contributed by atoms with Crippen molar-refractivity contribution in [2.24, 2.45) is 0 Å². The van der Waals surface area contributed by atoms with Gasteiger partial charge in [-0.25, -0.2) is 0 Å². The number of hydrogen-bond donors (Lipinski definition) is 1. The molecule has 2 fully saturated rings. The molecule has 2 heterocycles. The number of carbonyl (C=O) groups excluding carboxylic acids is 1. The van der Waals surface area contributed by atoms with Crippen LogP contribution in [0.15, 0.2) is 0 Å². The number of ether oxygens (including phenoxy) is 1. The van der Waals surface area contributed by atoms with Crippen molar-refractivity contribution in [3.63, 3.8) is 0 Å². The highest BCUT2D eigenvalue weighted by atomic mass is 16.5. The van der Waals surface area contributed by atoms with Crippen molar-refractivity contribution < 1.29 is 9.53 Å². The Bertz CT molecular complexity index is 244. The molecule has 0 unspecified atom stereocenters. The van der Waals surface area contributed by atoms with Gasteiger partial charge in [-0.05, 0) is 38.8 Å². The molecule has 2 aliphatic rings. The topological polar surface area (TPSA) is 41.6 Å². The molecule has 2 rings (SSSR count). The molecule has 0 radical (unpaired) electrons. The second-order valence-electron chi connectivity index (χ2n) is 5.37. The molecule has 4 heteroatoms. The van der Waals surface area contributed by atoms with Crippen LogP contribution in [0.1, 0.15) is 44.9 Å². The van der Waals surface area contributed by atoms with E-state index in [1.54, 1.807) is 0 Å². The minimum absolute atomic E-state index is 0.283. The Labute approximate surface area is 110 Å². The predicted octanol–water partition coefficient (Wildman–Crippen LogP) is 1.55. The standard InChI is InChI=1S/C14H26N2O2/c17-14(16-10-3-1-2-4-11-16)7-12-18-13-5-8-15-9-6-13/h13,15H,1-12H2. The van der Waals surface area contributed by atoms with Crippen molar-refractivity contribution in [2.45, 2.75) is 51.0 Å². The molecule has 0 aromatic carbocycles. The van der Waals surface area contributed by atoms with E-state index in [2.05, 4.69) is 5.32 Å². The third-order valence-electron chi connectivity index (χ3n) is 3.91. The first-order valence-electron chi connectivity index (χ1n) is 7.46. The van der Waals surface area contributed by atoms with Crippen LogP contribution in [0.2, 0.25) is 0 Å². The first-order chi connectivity index (χ1) is 8.86. The fourth-order valence-corrected chi connectivity index (χ4v) is 2.75. The fourth-order valence-electron chi connectivity index (χ4n) is 2.75. The van der Waals surface area contributed by atoms with E-state index >= 15 is 0 Å². The number of carbonyl (C=O) groups is 1. The quantitative estimate of drug-likeness (QED) is 0.827. The number of hydrogen-bond acceptors (Lipinski definition) is 3. The van der Waals surface area contributed by atoms with E-state index in [9.17, 15) is 4.79 Å². The van der Waals surface area contributed by atoms with E-state index in [-0.39, 0.29) is 5.91 Å². The van der Waals surface area contributed by atoms with E-state index in [1.165, 1.54) is 25.7 Å². The Kier molecular flexibility index (Phi) is 5.94. The number of likely N-dealkylation sites (tertiary alicyclic amines) is 1. The summed E-state index contributed by atoms with van der Waals surface area (Å²) in [4.78, 5) is 14.1. The first-order valence-corrected chi connectivity index (χ1v) is 7.46. The minimum atomic E-state index is 0.283. The molecule has 0 spiro atoms. The van der Waals surface area contributed by atoms with Crippen molar-refractivity contribution in [1.82, 2.24) is 10.2 Å². The third-order valence-corrected chi connectivity index (χ3v) is 3.91. The maximum absolute atomic E-state index is 12.0.